The summed E-state index contributed by atoms with van der Waals surface area (Å²) in [5.74, 6) is -1.53. The maximum Gasteiger partial charge on any atom is 0.296 e. The van der Waals surface area contributed by atoms with E-state index in [1.807, 2.05) is 37.3 Å². The minimum atomic E-state index is -0.699. The van der Waals surface area contributed by atoms with E-state index >= 15 is 0 Å². The fourth-order valence-electron chi connectivity index (χ4n) is 3.66. The molecule has 1 atom stereocenters. The zero-order valence-electron chi connectivity index (χ0n) is 16.2. The number of amides is 1. The average Bonchev–Trinajstić information content (AvgIpc) is 2.99. The zero-order chi connectivity index (χ0) is 21.3. The number of hydrogen-bond acceptors (Lipinski definition) is 4. The molecule has 2 heterocycles. The van der Waals surface area contributed by atoms with Gasteiger partial charge in [-0.05, 0) is 36.8 Å². The van der Waals surface area contributed by atoms with Crippen LogP contribution in [0.2, 0.25) is 0 Å². The van der Waals surface area contributed by atoms with Crippen molar-refractivity contribution in [2.24, 2.45) is 0 Å². The van der Waals surface area contributed by atoms with Crippen LogP contribution in [0, 0.1) is 6.92 Å². The van der Waals surface area contributed by atoms with Crippen LogP contribution in [-0.4, -0.2) is 26.7 Å². The molecule has 0 bridgehead atoms. The monoisotopic (exact) mass is 462 g/mol. The van der Waals surface area contributed by atoms with Gasteiger partial charge in [-0.15, -0.1) is 0 Å². The quantitative estimate of drug-likeness (QED) is 0.344. The predicted octanol–water partition coefficient (Wildman–Crippen LogP) is 4.77. The number of rotatable bonds is 4. The summed E-state index contributed by atoms with van der Waals surface area (Å²) < 4.78 is 0.852. The number of carbonyl (C=O) groups excluding carboxylic acids is 2. The van der Waals surface area contributed by atoms with Gasteiger partial charge in [0.25, 0.3) is 11.7 Å². The molecule has 1 fully saturated rings. The number of ketones is 1. The number of pyridine rings is 1. The van der Waals surface area contributed by atoms with Gasteiger partial charge < -0.3 is 10.0 Å². The van der Waals surface area contributed by atoms with Crippen molar-refractivity contribution >= 4 is 33.4 Å². The Hall–Kier alpha value is -3.25. The molecule has 6 heteroatoms. The second-order valence-electron chi connectivity index (χ2n) is 7.17. The number of Topliss-reactive ketones (excluding diaryl/α,β-unsaturated/α-hetero) is 1. The van der Waals surface area contributed by atoms with Crippen molar-refractivity contribution in [2.75, 3.05) is 0 Å². The first-order chi connectivity index (χ1) is 14.5. The van der Waals surface area contributed by atoms with E-state index in [1.165, 1.54) is 4.90 Å². The average molecular weight is 463 g/mol. The van der Waals surface area contributed by atoms with Gasteiger partial charge >= 0.3 is 0 Å². The molecule has 0 aliphatic carbocycles. The van der Waals surface area contributed by atoms with E-state index in [9.17, 15) is 14.7 Å². The van der Waals surface area contributed by atoms with Crippen molar-refractivity contribution in [1.29, 1.82) is 0 Å². The Bertz CT molecular complexity index is 1140. The smallest absolute Gasteiger partial charge is 0.296 e. The van der Waals surface area contributed by atoms with E-state index in [4.69, 9.17) is 0 Å². The Labute approximate surface area is 182 Å². The lowest BCUT2D eigenvalue weighted by molar-refractivity contribution is -0.140. The van der Waals surface area contributed by atoms with Crippen LogP contribution >= 0.6 is 15.9 Å². The molecule has 1 aliphatic rings. The number of hydrogen-bond donors (Lipinski definition) is 1. The Morgan fingerprint density at radius 1 is 1.07 bits per heavy atom. The largest absolute Gasteiger partial charge is 0.507 e. The number of aliphatic hydroxyl groups is 1. The summed E-state index contributed by atoms with van der Waals surface area (Å²) in [5, 5.41) is 11.0. The Balaban J connectivity index is 1.87. The highest BCUT2D eigenvalue weighted by Crippen LogP contribution is 2.40. The van der Waals surface area contributed by atoms with Crippen molar-refractivity contribution in [3.63, 3.8) is 0 Å². The Morgan fingerprint density at radius 3 is 2.50 bits per heavy atom. The highest BCUT2D eigenvalue weighted by atomic mass is 79.9. The molecule has 1 aromatic heterocycles. The predicted molar refractivity (Wildman–Crippen MR) is 117 cm³/mol. The van der Waals surface area contributed by atoms with E-state index in [2.05, 4.69) is 20.9 Å². The maximum absolute atomic E-state index is 13.0. The molecule has 30 heavy (non-hydrogen) atoms. The third kappa shape index (κ3) is 3.78. The topological polar surface area (TPSA) is 70.5 Å². The van der Waals surface area contributed by atoms with E-state index < -0.39 is 17.7 Å². The van der Waals surface area contributed by atoms with Gasteiger partial charge in [0.1, 0.15) is 5.76 Å². The standard InChI is InChI=1S/C24H19BrN2O3/c1-15-5-4-6-17(13-15)21-20(22(28)16-8-10-18(25)11-9-16)23(29)24(30)27(21)14-19-7-2-3-12-26-19/h2-13,21,28H,14H2,1H3/b22-20-. The molecule has 1 saturated heterocycles. The summed E-state index contributed by atoms with van der Waals surface area (Å²) in [6.07, 6.45) is 1.65. The van der Waals surface area contributed by atoms with Crippen LogP contribution in [0.5, 0.6) is 0 Å². The van der Waals surface area contributed by atoms with Gasteiger partial charge in [0.2, 0.25) is 0 Å². The van der Waals surface area contributed by atoms with Gasteiger partial charge in [0, 0.05) is 16.2 Å². The van der Waals surface area contributed by atoms with Crippen LogP contribution in [-0.2, 0) is 16.1 Å². The molecule has 1 N–H and O–H groups in total. The lowest BCUT2D eigenvalue weighted by Gasteiger charge is -2.25. The van der Waals surface area contributed by atoms with Crippen LogP contribution in [0.3, 0.4) is 0 Å². The minimum absolute atomic E-state index is 0.0869. The molecule has 5 nitrogen and oxygen atoms in total. The second-order valence-corrected chi connectivity index (χ2v) is 8.08. The molecule has 150 valence electrons. The number of benzene rings is 2. The number of aromatic nitrogens is 1. The molecule has 1 aliphatic heterocycles. The first-order valence-electron chi connectivity index (χ1n) is 9.46. The molecule has 4 rings (SSSR count). The Morgan fingerprint density at radius 2 is 1.83 bits per heavy atom. The number of likely N-dealkylation sites (tertiary alicyclic amines) is 1. The van der Waals surface area contributed by atoms with Crippen LogP contribution in [0.4, 0.5) is 0 Å². The molecule has 1 unspecified atom stereocenters. The summed E-state index contributed by atoms with van der Waals surface area (Å²) in [7, 11) is 0. The summed E-state index contributed by atoms with van der Waals surface area (Å²) in [6, 6.07) is 19.3. The van der Waals surface area contributed by atoms with Gasteiger partial charge in [-0.25, -0.2) is 0 Å². The Kier molecular flexibility index (Phi) is 5.50. The lowest BCUT2D eigenvalue weighted by atomic mass is 9.94. The number of halogens is 1. The molecule has 0 radical (unpaired) electrons. The van der Waals surface area contributed by atoms with E-state index in [0.717, 1.165) is 15.6 Å². The molecule has 0 saturated carbocycles. The third-order valence-electron chi connectivity index (χ3n) is 5.07. The van der Waals surface area contributed by atoms with Crippen molar-refractivity contribution < 1.29 is 14.7 Å². The molecule has 2 aromatic carbocycles. The molecular formula is C24H19BrN2O3. The van der Waals surface area contributed by atoms with Crippen molar-refractivity contribution in [1.82, 2.24) is 9.88 Å². The number of aliphatic hydroxyl groups excluding tert-OH is 1. The third-order valence-corrected chi connectivity index (χ3v) is 5.60. The van der Waals surface area contributed by atoms with Gasteiger partial charge in [0.15, 0.2) is 0 Å². The van der Waals surface area contributed by atoms with Crippen LogP contribution < -0.4 is 0 Å². The fraction of sp³-hybridized carbons (Fsp3) is 0.125. The fourth-order valence-corrected chi connectivity index (χ4v) is 3.92. The molecule has 3 aromatic rings. The SMILES string of the molecule is Cc1cccc(C2/C(=C(/O)c3ccc(Br)cc3)C(=O)C(=O)N2Cc2ccccn2)c1. The minimum Gasteiger partial charge on any atom is -0.507 e. The van der Waals surface area contributed by atoms with Crippen LogP contribution in [0.1, 0.15) is 28.4 Å². The highest BCUT2D eigenvalue weighted by Gasteiger charge is 2.46. The number of carbonyl (C=O) groups is 2. The van der Waals surface area contributed by atoms with Crippen LogP contribution in [0.25, 0.3) is 5.76 Å². The van der Waals surface area contributed by atoms with E-state index in [1.54, 1.807) is 42.6 Å². The normalized spacial score (nSPS) is 18.1. The summed E-state index contributed by atoms with van der Waals surface area (Å²) >= 11 is 3.37. The maximum atomic E-state index is 13.0. The zero-order valence-corrected chi connectivity index (χ0v) is 17.8. The lowest BCUT2D eigenvalue weighted by Crippen LogP contribution is -2.29. The van der Waals surface area contributed by atoms with Gasteiger partial charge in [-0.3, -0.25) is 14.6 Å². The molecule has 0 spiro atoms. The summed E-state index contributed by atoms with van der Waals surface area (Å²) in [4.78, 5) is 31.8. The summed E-state index contributed by atoms with van der Waals surface area (Å²) in [6.45, 7) is 2.12. The first-order valence-corrected chi connectivity index (χ1v) is 10.3. The van der Waals surface area contributed by atoms with Gasteiger partial charge in [0.05, 0.1) is 23.9 Å². The van der Waals surface area contributed by atoms with E-state index in [-0.39, 0.29) is 17.9 Å². The van der Waals surface area contributed by atoms with Gasteiger partial charge in [-0.1, -0.05) is 64.0 Å². The first kappa shape index (κ1) is 20.0. The van der Waals surface area contributed by atoms with Crippen LogP contribution in [0.15, 0.2) is 83.0 Å². The van der Waals surface area contributed by atoms with Gasteiger partial charge in [-0.2, -0.15) is 0 Å². The molecular weight excluding hydrogens is 444 g/mol. The van der Waals surface area contributed by atoms with Crippen molar-refractivity contribution in [2.45, 2.75) is 19.5 Å². The number of nitrogens with zero attached hydrogens (tertiary/aromatic N) is 2. The number of aryl methyl sites for hydroxylation is 1. The second kappa shape index (κ2) is 8.24. The van der Waals surface area contributed by atoms with E-state index in [0.29, 0.717) is 11.3 Å². The molecule has 1 amide bonds. The van der Waals surface area contributed by atoms with Crippen molar-refractivity contribution in [3.8, 4) is 0 Å². The highest BCUT2D eigenvalue weighted by molar-refractivity contribution is 9.10. The van der Waals surface area contributed by atoms with Crippen molar-refractivity contribution in [3.05, 3.63) is 105 Å². The summed E-state index contributed by atoms with van der Waals surface area (Å²) in [5.41, 5.74) is 3.00.